The standard InChI is InChI=1S/C39H34N4O6S2/c44-39(42-22-20-41(21-23-42)32-11-2-1-3-12-32)36-25-29-16-17-33(49-51(47,48)38-15-6-9-28-8-4-5-13-34(28)38)24-31(29)27-43(36)50(45,46)37-14-7-10-30-26-40-19-18-35(30)37/h1-19,24,26,36H,20-23,25,27H2/t36-/m0/s1. The summed E-state index contributed by atoms with van der Waals surface area (Å²) < 4.78 is 63.4. The minimum atomic E-state index is -4.24. The fourth-order valence-corrected chi connectivity index (χ4v) is 10.0. The molecule has 1 saturated heterocycles. The van der Waals surface area contributed by atoms with E-state index in [0.29, 0.717) is 47.9 Å². The van der Waals surface area contributed by atoms with Crippen molar-refractivity contribution in [2.75, 3.05) is 31.1 Å². The number of carbonyl (C=O) groups is 1. The summed E-state index contributed by atoms with van der Waals surface area (Å²) >= 11 is 0. The first-order valence-corrected chi connectivity index (χ1v) is 19.5. The second kappa shape index (κ2) is 13.1. The number of carbonyl (C=O) groups excluding carboxylic acids is 1. The summed E-state index contributed by atoms with van der Waals surface area (Å²) in [6.07, 6.45) is 3.27. The second-order valence-electron chi connectivity index (χ2n) is 12.7. The summed E-state index contributed by atoms with van der Waals surface area (Å²) in [6.45, 7) is 1.99. The Kier molecular flexibility index (Phi) is 8.45. The highest BCUT2D eigenvalue weighted by Gasteiger charge is 2.42. The first kappa shape index (κ1) is 32.9. The van der Waals surface area contributed by atoms with Crippen molar-refractivity contribution in [1.29, 1.82) is 0 Å². The molecule has 1 atom stereocenters. The Morgan fingerprint density at radius 3 is 2.18 bits per heavy atom. The van der Waals surface area contributed by atoms with Crippen molar-refractivity contribution in [2.24, 2.45) is 0 Å². The van der Waals surface area contributed by atoms with E-state index in [2.05, 4.69) is 9.88 Å². The van der Waals surface area contributed by atoms with Gasteiger partial charge in [-0.05, 0) is 65.4 Å². The Labute approximate surface area is 296 Å². The zero-order valence-electron chi connectivity index (χ0n) is 27.5. The number of sulfonamides is 1. The number of rotatable bonds is 7. The molecular formula is C39H34N4O6S2. The molecule has 51 heavy (non-hydrogen) atoms. The SMILES string of the molecule is O=C([C@@H]1Cc2ccc(OS(=O)(=O)c3cccc4ccccc34)cc2CN1S(=O)(=O)c1cccc2cnccc12)N1CCN(c2ccccc2)CC1. The molecule has 0 unspecified atom stereocenters. The maximum absolute atomic E-state index is 14.7. The molecule has 1 amide bonds. The van der Waals surface area contributed by atoms with Gasteiger partial charge in [0.1, 0.15) is 16.7 Å². The van der Waals surface area contributed by atoms with Crippen LogP contribution >= 0.6 is 0 Å². The summed E-state index contributed by atoms with van der Waals surface area (Å²) in [5, 5.41) is 2.45. The zero-order chi connectivity index (χ0) is 35.2. The third-order valence-corrected chi connectivity index (χ3v) is 12.9. The van der Waals surface area contributed by atoms with Crippen LogP contribution in [0.5, 0.6) is 5.75 Å². The Bertz CT molecular complexity index is 2490. The molecule has 0 bridgehead atoms. The van der Waals surface area contributed by atoms with Gasteiger partial charge in [-0.3, -0.25) is 9.78 Å². The third-order valence-electron chi connectivity index (χ3n) is 9.71. The van der Waals surface area contributed by atoms with E-state index >= 15 is 0 Å². The Hall–Kier alpha value is -5.30. The fourth-order valence-electron chi connectivity index (χ4n) is 7.12. The van der Waals surface area contributed by atoms with Gasteiger partial charge in [0.05, 0.1) is 4.90 Å². The van der Waals surface area contributed by atoms with Crippen LogP contribution in [0, 0.1) is 0 Å². The smallest absolute Gasteiger partial charge is 0.339 e. The molecule has 258 valence electrons. The summed E-state index contributed by atoms with van der Waals surface area (Å²) in [5.41, 5.74) is 2.38. The number of fused-ring (bicyclic) bond motifs is 3. The topological polar surface area (TPSA) is 117 Å². The fraction of sp³-hybridized carbons (Fsp3) is 0.179. The zero-order valence-corrected chi connectivity index (χ0v) is 29.1. The van der Waals surface area contributed by atoms with E-state index in [4.69, 9.17) is 4.18 Å². The van der Waals surface area contributed by atoms with Crippen LogP contribution in [0.3, 0.4) is 0 Å². The molecule has 5 aromatic carbocycles. The van der Waals surface area contributed by atoms with E-state index in [0.717, 1.165) is 16.6 Å². The average Bonchev–Trinajstić information content (AvgIpc) is 3.17. The number of aromatic nitrogens is 1. The van der Waals surface area contributed by atoms with E-state index < -0.39 is 26.2 Å². The first-order chi connectivity index (χ1) is 24.7. The molecule has 0 aliphatic carbocycles. The van der Waals surface area contributed by atoms with Gasteiger partial charge in [0.25, 0.3) is 0 Å². The van der Waals surface area contributed by atoms with Crippen LogP contribution in [0.4, 0.5) is 5.69 Å². The minimum Gasteiger partial charge on any atom is -0.379 e. The summed E-state index contributed by atoms with van der Waals surface area (Å²) in [6, 6.07) is 32.6. The number of amides is 1. The molecule has 3 heterocycles. The molecule has 0 saturated carbocycles. The van der Waals surface area contributed by atoms with Crippen molar-refractivity contribution in [1.82, 2.24) is 14.2 Å². The molecule has 8 rings (SSSR count). The van der Waals surface area contributed by atoms with Crippen LogP contribution in [-0.2, 0) is 37.9 Å². The monoisotopic (exact) mass is 718 g/mol. The molecular weight excluding hydrogens is 685 g/mol. The summed E-state index contributed by atoms with van der Waals surface area (Å²) in [5.74, 6) is -0.213. The number of para-hydroxylation sites is 1. The van der Waals surface area contributed by atoms with E-state index in [9.17, 15) is 21.6 Å². The van der Waals surface area contributed by atoms with Crippen molar-refractivity contribution in [3.8, 4) is 5.75 Å². The molecule has 1 fully saturated rings. The lowest BCUT2D eigenvalue weighted by molar-refractivity contribution is -0.136. The van der Waals surface area contributed by atoms with Crippen LogP contribution < -0.4 is 9.08 Å². The highest BCUT2D eigenvalue weighted by Crippen LogP contribution is 2.35. The van der Waals surface area contributed by atoms with Gasteiger partial charge in [-0.25, -0.2) is 8.42 Å². The maximum atomic E-state index is 14.7. The van der Waals surface area contributed by atoms with Gasteiger partial charge in [-0.15, -0.1) is 0 Å². The quantitative estimate of drug-likeness (QED) is 0.196. The number of hydrogen-bond donors (Lipinski definition) is 0. The van der Waals surface area contributed by atoms with Crippen LogP contribution in [0.2, 0.25) is 0 Å². The number of nitrogens with zero attached hydrogens (tertiary/aromatic N) is 4. The number of anilines is 1. The van der Waals surface area contributed by atoms with Crippen molar-refractivity contribution < 1.29 is 25.8 Å². The third kappa shape index (κ3) is 6.19. The predicted octanol–water partition coefficient (Wildman–Crippen LogP) is 5.62. The molecule has 2 aliphatic heterocycles. The van der Waals surface area contributed by atoms with E-state index in [1.54, 1.807) is 78.0 Å². The lowest BCUT2D eigenvalue weighted by Gasteiger charge is -2.41. The van der Waals surface area contributed by atoms with Gasteiger partial charge in [-0.1, -0.05) is 72.8 Å². The van der Waals surface area contributed by atoms with Crippen molar-refractivity contribution >= 4 is 53.3 Å². The Morgan fingerprint density at radius 2 is 1.37 bits per heavy atom. The average molecular weight is 719 g/mol. The van der Waals surface area contributed by atoms with Crippen molar-refractivity contribution in [2.45, 2.75) is 28.8 Å². The van der Waals surface area contributed by atoms with Gasteiger partial charge in [0.2, 0.25) is 15.9 Å². The molecule has 2 aliphatic rings. The second-order valence-corrected chi connectivity index (χ2v) is 16.1. The minimum absolute atomic E-state index is 0.0333. The predicted molar refractivity (Wildman–Crippen MR) is 195 cm³/mol. The van der Waals surface area contributed by atoms with Gasteiger partial charge < -0.3 is 14.0 Å². The van der Waals surface area contributed by atoms with Crippen molar-refractivity contribution in [3.05, 3.63) is 139 Å². The molecule has 6 aromatic rings. The lowest BCUT2D eigenvalue weighted by Crippen LogP contribution is -2.57. The van der Waals surface area contributed by atoms with Gasteiger partial charge in [0.15, 0.2) is 0 Å². The van der Waals surface area contributed by atoms with E-state index in [1.165, 1.54) is 10.4 Å². The van der Waals surface area contributed by atoms with Crippen LogP contribution in [0.1, 0.15) is 11.1 Å². The molecule has 0 radical (unpaired) electrons. The number of hydrogen-bond acceptors (Lipinski definition) is 8. The van der Waals surface area contributed by atoms with Crippen LogP contribution in [0.25, 0.3) is 21.5 Å². The first-order valence-electron chi connectivity index (χ1n) is 16.7. The number of piperazine rings is 1. The molecule has 0 N–H and O–H groups in total. The van der Waals surface area contributed by atoms with Crippen LogP contribution in [-0.4, -0.2) is 69.2 Å². The summed E-state index contributed by atoms with van der Waals surface area (Å²) in [4.78, 5) is 22.6. The largest absolute Gasteiger partial charge is 0.379 e. The van der Waals surface area contributed by atoms with E-state index in [-0.39, 0.29) is 34.4 Å². The number of pyridine rings is 1. The van der Waals surface area contributed by atoms with Gasteiger partial charge in [-0.2, -0.15) is 12.7 Å². The van der Waals surface area contributed by atoms with Crippen LogP contribution in [0.15, 0.2) is 137 Å². The normalized spacial score (nSPS) is 17.0. The lowest BCUT2D eigenvalue weighted by atomic mass is 9.94. The maximum Gasteiger partial charge on any atom is 0.339 e. The molecule has 10 nitrogen and oxygen atoms in total. The van der Waals surface area contributed by atoms with E-state index in [1.807, 2.05) is 48.5 Å². The highest BCUT2D eigenvalue weighted by atomic mass is 32.2. The molecule has 12 heteroatoms. The molecule has 0 spiro atoms. The van der Waals surface area contributed by atoms with Crippen molar-refractivity contribution in [3.63, 3.8) is 0 Å². The highest BCUT2D eigenvalue weighted by molar-refractivity contribution is 7.89. The Balaban J connectivity index is 1.13. The van der Waals surface area contributed by atoms with Gasteiger partial charge in [0, 0.05) is 67.0 Å². The molecule has 1 aromatic heterocycles. The number of benzene rings is 5. The van der Waals surface area contributed by atoms with Gasteiger partial charge >= 0.3 is 10.1 Å². The summed E-state index contributed by atoms with van der Waals surface area (Å²) in [7, 11) is -8.49. The Morgan fingerprint density at radius 1 is 0.686 bits per heavy atom.